The number of aryl methyl sites for hydroxylation is 1. The second-order valence-corrected chi connectivity index (χ2v) is 5.14. The van der Waals surface area contributed by atoms with Gasteiger partial charge in [0.25, 0.3) is 5.69 Å². The number of rotatable bonds is 4. The Morgan fingerprint density at radius 2 is 2.14 bits per heavy atom. The fourth-order valence-corrected chi connectivity index (χ4v) is 2.43. The number of aromatic nitrogens is 1. The summed E-state index contributed by atoms with van der Waals surface area (Å²) in [6.07, 6.45) is -4.78. The van der Waals surface area contributed by atoms with Gasteiger partial charge in [-0.3, -0.25) is 10.1 Å². The van der Waals surface area contributed by atoms with Gasteiger partial charge in [0.1, 0.15) is 5.56 Å². The first kappa shape index (κ1) is 15.2. The first-order chi connectivity index (χ1) is 9.79. The highest BCUT2D eigenvalue weighted by atomic mass is 32.1. The molecule has 112 valence electrons. The van der Waals surface area contributed by atoms with Crippen molar-refractivity contribution >= 4 is 22.7 Å². The third kappa shape index (κ3) is 3.48. The van der Waals surface area contributed by atoms with E-state index in [9.17, 15) is 23.3 Å². The Balaban J connectivity index is 2.26. The number of anilines is 1. The van der Waals surface area contributed by atoms with Crippen LogP contribution in [0.15, 0.2) is 23.7 Å². The molecular weight excluding hydrogens is 307 g/mol. The van der Waals surface area contributed by atoms with Crippen molar-refractivity contribution in [2.75, 3.05) is 5.32 Å². The number of alkyl halides is 3. The van der Waals surface area contributed by atoms with Gasteiger partial charge in [0, 0.05) is 16.6 Å². The quantitative estimate of drug-likeness (QED) is 0.684. The summed E-state index contributed by atoms with van der Waals surface area (Å²) in [6.45, 7) is 2.11. The van der Waals surface area contributed by atoms with Crippen LogP contribution in [0.5, 0.6) is 0 Å². The van der Waals surface area contributed by atoms with Gasteiger partial charge < -0.3 is 5.32 Å². The lowest BCUT2D eigenvalue weighted by Crippen LogP contribution is -2.10. The molecule has 0 spiro atoms. The third-order valence-electron chi connectivity index (χ3n) is 2.80. The Hall–Kier alpha value is -2.16. The van der Waals surface area contributed by atoms with Gasteiger partial charge in [0.2, 0.25) is 0 Å². The van der Waals surface area contributed by atoms with Crippen LogP contribution in [0.1, 0.15) is 16.1 Å². The zero-order chi connectivity index (χ0) is 15.6. The second-order valence-electron chi connectivity index (χ2n) is 4.20. The van der Waals surface area contributed by atoms with Gasteiger partial charge in [-0.2, -0.15) is 13.2 Å². The molecule has 0 aliphatic rings. The molecule has 0 unspecified atom stereocenters. The van der Waals surface area contributed by atoms with Crippen LogP contribution in [0.3, 0.4) is 0 Å². The molecule has 0 fully saturated rings. The van der Waals surface area contributed by atoms with Crippen molar-refractivity contribution in [2.45, 2.75) is 19.6 Å². The van der Waals surface area contributed by atoms with Crippen LogP contribution >= 0.6 is 11.3 Å². The Morgan fingerprint density at radius 1 is 1.43 bits per heavy atom. The topological polar surface area (TPSA) is 68.1 Å². The van der Waals surface area contributed by atoms with Gasteiger partial charge >= 0.3 is 6.18 Å². The standard InChI is InChI=1S/C12H10F3N3O2S/c1-7-11(21-6-17-7)5-16-8-2-3-10(18(19)20)9(4-8)12(13,14)15/h2-4,6,16H,5H2,1H3. The Morgan fingerprint density at radius 3 is 2.67 bits per heavy atom. The van der Waals surface area contributed by atoms with Crippen LogP contribution in [-0.2, 0) is 12.7 Å². The number of hydrogen-bond donors (Lipinski definition) is 1. The van der Waals surface area contributed by atoms with Crippen LogP contribution in [0, 0.1) is 17.0 Å². The number of nitro benzene ring substituents is 1. The number of nitrogens with zero attached hydrogens (tertiary/aromatic N) is 2. The van der Waals surface area contributed by atoms with Crippen molar-refractivity contribution in [1.82, 2.24) is 4.98 Å². The monoisotopic (exact) mass is 317 g/mol. The van der Waals surface area contributed by atoms with Gasteiger partial charge in [-0.05, 0) is 19.1 Å². The molecule has 0 saturated carbocycles. The van der Waals surface area contributed by atoms with E-state index < -0.39 is 22.4 Å². The van der Waals surface area contributed by atoms with E-state index in [2.05, 4.69) is 10.3 Å². The molecule has 1 aromatic heterocycles. The number of nitro groups is 1. The summed E-state index contributed by atoms with van der Waals surface area (Å²) in [5, 5.41) is 13.5. The minimum atomic E-state index is -4.78. The van der Waals surface area contributed by atoms with Crippen molar-refractivity contribution in [3.63, 3.8) is 0 Å². The molecule has 0 saturated heterocycles. The first-order valence-electron chi connectivity index (χ1n) is 5.77. The van der Waals surface area contributed by atoms with Gasteiger partial charge in [-0.25, -0.2) is 4.98 Å². The summed E-state index contributed by atoms with van der Waals surface area (Å²) in [7, 11) is 0. The van der Waals surface area contributed by atoms with Crippen molar-refractivity contribution in [3.8, 4) is 0 Å². The molecule has 0 amide bonds. The highest BCUT2D eigenvalue weighted by molar-refractivity contribution is 7.09. The summed E-state index contributed by atoms with van der Waals surface area (Å²) >= 11 is 1.38. The van der Waals surface area contributed by atoms with Crippen molar-refractivity contribution < 1.29 is 18.1 Å². The number of halogens is 3. The molecular formula is C12H10F3N3O2S. The molecule has 5 nitrogen and oxygen atoms in total. The van der Waals surface area contributed by atoms with Crippen LogP contribution in [0.2, 0.25) is 0 Å². The normalized spacial score (nSPS) is 11.4. The molecule has 2 rings (SSSR count). The smallest absolute Gasteiger partial charge is 0.380 e. The Bertz CT molecular complexity index is 670. The van der Waals surface area contributed by atoms with E-state index in [1.165, 1.54) is 17.4 Å². The zero-order valence-corrected chi connectivity index (χ0v) is 11.6. The maximum Gasteiger partial charge on any atom is 0.423 e. The van der Waals surface area contributed by atoms with Crippen molar-refractivity contribution in [3.05, 3.63) is 50.0 Å². The number of nitrogens with one attached hydrogen (secondary N) is 1. The van der Waals surface area contributed by atoms with Crippen LogP contribution in [0.4, 0.5) is 24.5 Å². The lowest BCUT2D eigenvalue weighted by atomic mass is 10.1. The van der Waals surface area contributed by atoms with Gasteiger partial charge in [-0.15, -0.1) is 11.3 Å². The van der Waals surface area contributed by atoms with Gasteiger partial charge in [0.05, 0.1) is 22.7 Å². The molecule has 0 atom stereocenters. The van der Waals surface area contributed by atoms with Crippen LogP contribution in [-0.4, -0.2) is 9.91 Å². The summed E-state index contributed by atoms with van der Waals surface area (Å²) in [5.74, 6) is 0. The van der Waals surface area contributed by atoms with E-state index in [0.717, 1.165) is 22.7 Å². The van der Waals surface area contributed by atoms with E-state index in [-0.39, 0.29) is 5.69 Å². The molecule has 0 radical (unpaired) electrons. The van der Waals surface area contributed by atoms with Gasteiger partial charge in [0.15, 0.2) is 0 Å². The molecule has 0 aliphatic carbocycles. The highest BCUT2D eigenvalue weighted by Gasteiger charge is 2.38. The van der Waals surface area contributed by atoms with Crippen molar-refractivity contribution in [2.24, 2.45) is 0 Å². The molecule has 1 heterocycles. The van der Waals surface area contributed by atoms with Gasteiger partial charge in [-0.1, -0.05) is 0 Å². The average molecular weight is 317 g/mol. The second kappa shape index (κ2) is 5.68. The maximum atomic E-state index is 12.8. The summed E-state index contributed by atoms with van der Waals surface area (Å²) < 4.78 is 38.5. The van der Waals surface area contributed by atoms with E-state index in [4.69, 9.17) is 0 Å². The SMILES string of the molecule is Cc1ncsc1CNc1ccc([N+](=O)[O-])c(C(F)(F)F)c1. The fraction of sp³-hybridized carbons (Fsp3) is 0.250. The molecule has 0 bridgehead atoms. The zero-order valence-electron chi connectivity index (χ0n) is 10.8. The molecule has 2 aromatic rings. The van der Waals surface area contributed by atoms with E-state index in [1.54, 1.807) is 12.4 Å². The highest BCUT2D eigenvalue weighted by Crippen LogP contribution is 2.37. The Kier molecular flexibility index (Phi) is 4.12. The molecule has 0 aliphatic heterocycles. The predicted octanol–water partition coefficient (Wildman–Crippen LogP) is 3.99. The molecule has 21 heavy (non-hydrogen) atoms. The largest absolute Gasteiger partial charge is 0.423 e. The lowest BCUT2D eigenvalue weighted by Gasteiger charge is -2.11. The van der Waals surface area contributed by atoms with E-state index >= 15 is 0 Å². The first-order valence-corrected chi connectivity index (χ1v) is 6.65. The van der Waals surface area contributed by atoms with E-state index in [0.29, 0.717) is 6.54 Å². The predicted molar refractivity (Wildman–Crippen MR) is 72.3 cm³/mol. The number of hydrogen-bond acceptors (Lipinski definition) is 5. The third-order valence-corrected chi connectivity index (χ3v) is 3.73. The number of benzene rings is 1. The molecule has 1 aromatic carbocycles. The maximum absolute atomic E-state index is 12.8. The number of thiazole rings is 1. The molecule has 1 N–H and O–H groups in total. The van der Waals surface area contributed by atoms with Crippen LogP contribution in [0.25, 0.3) is 0 Å². The fourth-order valence-electron chi connectivity index (χ4n) is 1.71. The Labute approximate surface area is 121 Å². The average Bonchev–Trinajstić information content (AvgIpc) is 2.80. The lowest BCUT2D eigenvalue weighted by molar-refractivity contribution is -0.388. The minimum absolute atomic E-state index is 0.167. The van der Waals surface area contributed by atoms with Crippen molar-refractivity contribution in [1.29, 1.82) is 0 Å². The summed E-state index contributed by atoms with van der Waals surface area (Å²) in [4.78, 5) is 14.5. The minimum Gasteiger partial charge on any atom is -0.380 e. The summed E-state index contributed by atoms with van der Waals surface area (Å²) in [6, 6.07) is 2.85. The molecule has 9 heteroatoms. The summed E-state index contributed by atoms with van der Waals surface area (Å²) in [5.41, 5.74) is 0.385. The van der Waals surface area contributed by atoms with E-state index in [1.807, 2.05) is 0 Å². The van der Waals surface area contributed by atoms with Crippen LogP contribution < -0.4 is 5.32 Å².